The van der Waals surface area contributed by atoms with E-state index >= 15 is 0 Å². The highest BCUT2D eigenvalue weighted by Crippen LogP contribution is 2.24. The minimum Gasteiger partial charge on any atom is -0.330 e. The third-order valence-electron chi connectivity index (χ3n) is 3.70. The molecule has 19 heavy (non-hydrogen) atoms. The van der Waals surface area contributed by atoms with Gasteiger partial charge in [0.1, 0.15) is 0 Å². The lowest BCUT2D eigenvalue weighted by molar-refractivity contribution is 0.459. The molecule has 1 saturated heterocycles. The van der Waals surface area contributed by atoms with Crippen LogP contribution in [0, 0.1) is 19.8 Å². The van der Waals surface area contributed by atoms with Crippen LogP contribution in [0.2, 0.25) is 0 Å². The molecular weight excluding hydrogens is 284 g/mol. The van der Waals surface area contributed by atoms with Gasteiger partial charge in [-0.1, -0.05) is 6.07 Å². The van der Waals surface area contributed by atoms with Gasteiger partial charge in [-0.25, -0.2) is 8.42 Å². The molecule has 1 aromatic rings. The lowest BCUT2D eigenvalue weighted by atomic mass is 10.1. The summed E-state index contributed by atoms with van der Waals surface area (Å²) in [6.07, 6.45) is 0.862. The molecule has 1 fully saturated rings. The van der Waals surface area contributed by atoms with Crippen LogP contribution in [0.3, 0.4) is 0 Å². The smallest absolute Gasteiger partial charge is 0.243 e. The Morgan fingerprint density at radius 1 is 1.32 bits per heavy atom. The van der Waals surface area contributed by atoms with Crippen LogP contribution in [0.5, 0.6) is 0 Å². The molecular formula is C13H21ClN2O2S. The van der Waals surface area contributed by atoms with Crippen LogP contribution in [-0.4, -0.2) is 32.4 Å². The monoisotopic (exact) mass is 304 g/mol. The normalized spacial score (nSPS) is 20.3. The standard InChI is InChI=1S/C13H20N2O2S.ClH/c1-10-3-4-13(7-11(10)2)18(16,17)15-6-5-12(8-14)9-15;/h3-4,7,12H,5-6,8-9,14H2,1-2H3;1H. The summed E-state index contributed by atoms with van der Waals surface area (Å²) in [5, 5.41) is 0. The van der Waals surface area contributed by atoms with Gasteiger partial charge in [0.2, 0.25) is 10.0 Å². The first-order valence-corrected chi connectivity index (χ1v) is 7.66. The Hall–Kier alpha value is -0.620. The summed E-state index contributed by atoms with van der Waals surface area (Å²) in [5.74, 6) is 0.298. The topological polar surface area (TPSA) is 63.4 Å². The first kappa shape index (κ1) is 16.4. The minimum absolute atomic E-state index is 0. The molecule has 1 unspecified atom stereocenters. The fraction of sp³-hybridized carbons (Fsp3) is 0.538. The van der Waals surface area contributed by atoms with Crippen LogP contribution in [-0.2, 0) is 10.0 Å². The van der Waals surface area contributed by atoms with Gasteiger partial charge in [0.15, 0.2) is 0 Å². The van der Waals surface area contributed by atoms with E-state index in [9.17, 15) is 8.42 Å². The lowest BCUT2D eigenvalue weighted by Gasteiger charge is -2.17. The summed E-state index contributed by atoms with van der Waals surface area (Å²) in [6.45, 7) is 5.59. The van der Waals surface area contributed by atoms with E-state index < -0.39 is 10.0 Å². The number of benzene rings is 1. The number of hydrogen-bond acceptors (Lipinski definition) is 3. The molecule has 1 aliphatic heterocycles. The number of sulfonamides is 1. The van der Waals surface area contributed by atoms with Gasteiger partial charge in [0, 0.05) is 13.1 Å². The molecule has 2 rings (SSSR count). The Labute approximate surface area is 121 Å². The average Bonchev–Trinajstić information content (AvgIpc) is 2.81. The van der Waals surface area contributed by atoms with Gasteiger partial charge in [0.05, 0.1) is 4.90 Å². The fourth-order valence-electron chi connectivity index (χ4n) is 2.23. The van der Waals surface area contributed by atoms with Crippen LogP contribution < -0.4 is 5.73 Å². The van der Waals surface area contributed by atoms with Gasteiger partial charge in [-0.3, -0.25) is 0 Å². The van der Waals surface area contributed by atoms with Gasteiger partial charge in [0.25, 0.3) is 0 Å². The maximum absolute atomic E-state index is 12.4. The van der Waals surface area contributed by atoms with Crippen molar-refractivity contribution in [3.8, 4) is 0 Å². The Morgan fingerprint density at radius 3 is 2.53 bits per heavy atom. The summed E-state index contributed by atoms with van der Waals surface area (Å²) in [7, 11) is -3.34. The molecule has 6 heteroatoms. The highest BCUT2D eigenvalue weighted by Gasteiger charge is 2.31. The van der Waals surface area contributed by atoms with Crippen LogP contribution in [0.4, 0.5) is 0 Å². The molecule has 1 aliphatic rings. The molecule has 0 amide bonds. The summed E-state index contributed by atoms with van der Waals surface area (Å²) >= 11 is 0. The molecule has 0 radical (unpaired) electrons. The van der Waals surface area contributed by atoms with Gasteiger partial charge >= 0.3 is 0 Å². The van der Waals surface area contributed by atoms with Crippen molar-refractivity contribution in [2.45, 2.75) is 25.2 Å². The highest BCUT2D eigenvalue weighted by molar-refractivity contribution is 7.89. The number of rotatable bonds is 3. The summed E-state index contributed by atoms with van der Waals surface area (Å²) in [6, 6.07) is 5.30. The first-order chi connectivity index (χ1) is 8.45. The van der Waals surface area contributed by atoms with Crippen LogP contribution in [0.1, 0.15) is 17.5 Å². The van der Waals surface area contributed by atoms with Crippen LogP contribution in [0.15, 0.2) is 23.1 Å². The van der Waals surface area contributed by atoms with E-state index in [0.717, 1.165) is 17.5 Å². The highest BCUT2D eigenvalue weighted by atomic mass is 35.5. The van der Waals surface area contributed by atoms with Crippen molar-refractivity contribution in [1.29, 1.82) is 0 Å². The van der Waals surface area contributed by atoms with Crippen molar-refractivity contribution in [3.05, 3.63) is 29.3 Å². The number of aryl methyl sites for hydroxylation is 2. The third kappa shape index (κ3) is 3.28. The van der Waals surface area contributed by atoms with Crippen molar-refractivity contribution in [2.24, 2.45) is 11.7 Å². The number of nitrogens with zero attached hydrogens (tertiary/aromatic N) is 1. The summed E-state index contributed by atoms with van der Waals surface area (Å²) < 4.78 is 26.4. The Morgan fingerprint density at radius 2 is 2.00 bits per heavy atom. The zero-order valence-electron chi connectivity index (χ0n) is 11.3. The number of hydrogen-bond donors (Lipinski definition) is 1. The molecule has 1 heterocycles. The van der Waals surface area contributed by atoms with E-state index in [1.54, 1.807) is 16.4 Å². The first-order valence-electron chi connectivity index (χ1n) is 6.22. The molecule has 0 bridgehead atoms. The van der Waals surface area contributed by atoms with Crippen molar-refractivity contribution >= 4 is 22.4 Å². The van der Waals surface area contributed by atoms with E-state index in [-0.39, 0.29) is 12.4 Å². The molecule has 2 N–H and O–H groups in total. The van der Waals surface area contributed by atoms with Crippen LogP contribution >= 0.6 is 12.4 Å². The van der Waals surface area contributed by atoms with E-state index in [1.807, 2.05) is 19.9 Å². The Bertz CT molecular complexity index is 546. The molecule has 0 spiro atoms. The van der Waals surface area contributed by atoms with E-state index in [2.05, 4.69) is 0 Å². The quantitative estimate of drug-likeness (QED) is 0.924. The summed E-state index contributed by atoms with van der Waals surface area (Å²) in [5.41, 5.74) is 7.71. The average molecular weight is 305 g/mol. The summed E-state index contributed by atoms with van der Waals surface area (Å²) in [4.78, 5) is 0.392. The molecule has 0 aromatic heterocycles. The predicted molar refractivity (Wildman–Crippen MR) is 79.1 cm³/mol. The zero-order valence-corrected chi connectivity index (χ0v) is 12.9. The minimum atomic E-state index is -3.34. The molecule has 0 aliphatic carbocycles. The second-order valence-corrected chi connectivity index (χ2v) is 6.94. The molecule has 0 saturated carbocycles. The third-order valence-corrected chi connectivity index (χ3v) is 5.56. The SMILES string of the molecule is Cc1ccc(S(=O)(=O)N2CCC(CN)C2)cc1C.Cl. The molecule has 1 aromatic carbocycles. The number of halogens is 1. The Balaban J connectivity index is 0.00000180. The van der Waals surface area contributed by atoms with Gasteiger partial charge in [-0.15, -0.1) is 12.4 Å². The maximum atomic E-state index is 12.4. The lowest BCUT2D eigenvalue weighted by Crippen LogP contribution is -2.30. The van der Waals surface area contributed by atoms with E-state index in [1.165, 1.54) is 0 Å². The Kier molecular flexibility index (Phi) is 5.38. The number of nitrogens with two attached hydrogens (primary N) is 1. The van der Waals surface area contributed by atoms with Crippen LogP contribution in [0.25, 0.3) is 0 Å². The second-order valence-electron chi connectivity index (χ2n) is 5.00. The molecule has 1 atom stereocenters. The molecule has 108 valence electrons. The van der Waals surface area contributed by atoms with E-state index in [0.29, 0.717) is 30.4 Å². The van der Waals surface area contributed by atoms with Crippen molar-refractivity contribution in [3.63, 3.8) is 0 Å². The van der Waals surface area contributed by atoms with Gasteiger partial charge < -0.3 is 5.73 Å². The molecule has 4 nitrogen and oxygen atoms in total. The largest absolute Gasteiger partial charge is 0.330 e. The fourth-order valence-corrected chi connectivity index (χ4v) is 3.85. The van der Waals surface area contributed by atoms with Crippen molar-refractivity contribution in [1.82, 2.24) is 4.31 Å². The van der Waals surface area contributed by atoms with E-state index in [4.69, 9.17) is 5.73 Å². The van der Waals surface area contributed by atoms with Gasteiger partial charge in [-0.05, 0) is 56.0 Å². The van der Waals surface area contributed by atoms with Gasteiger partial charge in [-0.2, -0.15) is 4.31 Å². The second kappa shape index (κ2) is 6.22. The van der Waals surface area contributed by atoms with Crippen molar-refractivity contribution in [2.75, 3.05) is 19.6 Å². The predicted octanol–water partition coefficient (Wildman–Crippen LogP) is 1.69. The zero-order chi connectivity index (χ0) is 13.3. The van der Waals surface area contributed by atoms with Crippen molar-refractivity contribution < 1.29 is 8.42 Å². The maximum Gasteiger partial charge on any atom is 0.243 e.